The van der Waals surface area contributed by atoms with Crippen LogP contribution in [0.4, 0.5) is 0 Å². The van der Waals surface area contributed by atoms with Crippen molar-refractivity contribution in [3.63, 3.8) is 0 Å². The molecule has 2 unspecified atom stereocenters. The van der Waals surface area contributed by atoms with Gasteiger partial charge < -0.3 is 5.32 Å². The maximum atomic E-state index is 12.0. The van der Waals surface area contributed by atoms with E-state index in [-0.39, 0.29) is 11.8 Å². The van der Waals surface area contributed by atoms with Crippen LogP contribution in [0.3, 0.4) is 0 Å². The van der Waals surface area contributed by atoms with E-state index in [9.17, 15) is 9.59 Å². The molecule has 2 heterocycles. The summed E-state index contributed by atoms with van der Waals surface area (Å²) < 4.78 is 0. The molecule has 0 radical (unpaired) electrons. The highest BCUT2D eigenvalue weighted by molar-refractivity contribution is 6.21. The van der Waals surface area contributed by atoms with Gasteiger partial charge in [-0.15, -0.1) is 0 Å². The fourth-order valence-corrected chi connectivity index (χ4v) is 3.56. The van der Waals surface area contributed by atoms with Gasteiger partial charge in [0.1, 0.15) is 0 Å². The first-order chi connectivity index (χ1) is 8.66. The molecule has 0 saturated carbocycles. The number of nitrogens with one attached hydrogen (secondary N) is 1. The van der Waals surface area contributed by atoms with Crippen molar-refractivity contribution < 1.29 is 9.59 Å². The number of imide groups is 1. The molecule has 1 fully saturated rings. The molecule has 0 spiro atoms. The lowest BCUT2D eigenvalue weighted by molar-refractivity contribution is 0.0693. The minimum Gasteiger partial charge on any atom is -0.316 e. The maximum absolute atomic E-state index is 12.0. The number of carbonyl (C=O) groups is 2. The Balaban J connectivity index is 1.94. The lowest BCUT2D eigenvalue weighted by Crippen LogP contribution is -2.28. The predicted molar refractivity (Wildman–Crippen MR) is 65.8 cm³/mol. The van der Waals surface area contributed by atoms with Crippen LogP contribution < -0.4 is 5.32 Å². The minimum atomic E-state index is -0.160. The number of nitrogens with zero attached hydrogens (tertiary/aromatic N) is 1. The van der Waals surface area contributed by atoms with E-state index in [0.29, 0.717) is 23.0 Å². The summed E-state index contributed by atoms with van der Waals surface area (Å²) >= 11 is 0. The zero-order chi connectivity index (χ0) is 12.4. The van der Waals surface area contributed by atoms with Crippen LogP contribution in [-0.2, 0) is 0 Å². The number of amides is 2. The van der Waals surface area contributed by atoms with E-state index in [1.165, 1.54) is 16.0 Å². The van der Waals surface area contributed by atoms with E-state index in [1.54, 1.807) is 7.05 Å². The van der Waals surface area contributed by atoms with Crippen molar-refractivity contribution in [2.45, 2.75) is 18.3 Å². The lowest BCUT2D eigenvalue weighted by Gasteiger charge is -2.19. The van der Waals surface area contributed by atoms with Crippen molar-refractivity contribution in [2.75, 3.05) is 20.1 Å². The van der Waals surface area contributed by atoms with Gasteiger partial charge in [-0.3, -0.25) is 14.5 Å². The smallest absolute Gasteiger partial charge is 0.261 e. The minimum absolute atomic E-state index is 0.160. The Hall–Kier alpha value is -1.68. The third-order valence-electron chi connectivity index (χ3n) is 4.52. The molecule has 1 aromatic rings. The van der Waals surface area contributed by atoms with Crippen LogP contribution in [0.2, 0.25) is 0 Å². The molecule has 18 heavy (non-hydrogen) atoms. The molecule has 4 rings (SSSR count). The SMILES string of the molecule is CN1C(=O)c2cc3c(cc2C1=O)C1CNCC3C1. The van der Waals surface area contributed by atoms with E-state index in [1.807, 2.05) is 12.1 Å². The van der Waals surface area contributed by atoms with Crippen molar-refractivity contribution in [1.82, 2.24) is 10.2 Å². The van der Waals surface area contributed by atoms with Crippen LogP contribution >= 0.6 is 0 Å². The van der Waals surface area contributed by atoms with Crippen LogP contribution in [0.1, 0.15) is 50.1 Å². The summed E-state index contributed by atoms with van der Waals surface area (Å²) in [5.41, 5.74) is 3.74. The highest BCUT2D eigenvalue weighted by Gasteiger charge is 2.39. The molecule has 2 atom stereocenters. The van der Waals surface area contributed by atoms with E-state index in [4.69, 9.17) is 0 Å². The monoisotopic (exact) mass is 242 g/mol. The maximum Gasteiger partial charge on any atom is 0.261 e. The number of fused-ring (bicyclic) bond motifs is 6. The highest BCUT2D eigenvalue weighted by atomic mass is 16.2. The van der Waals surface area contributed by atoms with Crippen LogP contribution in [0, 0.1) is 0 Å². The van der Waals surface area contributed by atoms with Gasteiger partial charge in [0.25, 0.3) is 11.8 Å². The molecule has 3 aliphatic rings. The summed E-state index contributed by atoms with van der Waals surface area (Å²) in [5, 5.41) is 3.42. The van der Waals surface area contributed by atoms with Crippen LogP contribution in [-0.4, -0.2) is 36.9 Å². The van der Waals surface area contributed by atoms with Gasteiger partial charge >= 0.3 is 0 Å². The molecule has 1 aromatic carbocycles. The van der Waals surface area contributed by atoms with Crippen molar-refractivity contribution in [3.8, 4) is 0 Å². The second-order valence-corrected chi connectivity index (χ2v) is 5.48. The van der Waals surface area contributed by atoms with E-state index >= 15 is 0 Å². The summed E-state index contributed by atoms with van der Waals surface area (Å²) in [7, 11) is 1.55. The fraction of sp³-hybridized carbons (Fsp3) is 0.429. The molecule has 1 aliphatic carbocycles. The van der Waals surface area contributed by atoms with Gasteiger partial charge in [-0.2, -0.15) is 0 Å². The number of hydrogen-bond donors (Lipinski definition) is 1. The first-order valence-corrected chi connectivity index (χ1v) is 6.37. The largest absolute Gasteiger partial charge is 0.316 e. The molecule has 2 amide bonds. The van der Waals surface area contributed by atoms with Crippen molar-refractivity contribution >= 4 is 11.8 Å². The van der Waals surface area contributed by atoms with Crippen LogP contribution in [0.5, 0.6) is 0 Å². The molecule has 4 heteroatoms. The second kappa shape index (κ2) is 3.20. The fourth-order valence-electron chi connectivity index (χ4n) is 3.56. The Morgan fingerprint density at radius 1 is 1.06 bits per heavy atom. The topological polar surface area (TPSA) is 49.4 Å². The van der Waals surface area contributed by atoms with Gasteiger partial charge in [0, 0.05) is 20.1 Å². The lowest BCUT2D eigenvalue weighted by atomic mass is 9.96. The van der Waals surface area contributed by atoms with Gasteiger partial charge in [0.2, 0.25) is 0 Å². The second-order valence-electron chi connectivity index (χ2n) is 5.48. The number of benzene rings is 1. The van der Waals surface area contributed by atoms with Crippen LogP contribution in [0.15, 0.2) is 12.1 Å². The Morgan fingerprint density at radius 3 is 2.06 bits per heavy atom. The zero-order valence-corrected chi connectivity index (χ0v) is 10.2. The molecule has 92 valence electrons. The van der Waals surface area contributed by atoms with Crippen molar-refractivity contribution in [1.29, 1.82) is 0 Å². The van der Waals surface area contributed by atoms with Gasteiger partial charge in [0.15, 0.2) is 0 Å². The van der Waals surface area contributed by atoms with Gasteiger partial charge in [-0.25, -0.2) is 0 Å². The summed E-state index contributed by atoms with van der Waals surface area (Å²) in [5.74, 6) is 0.704. The first kappa shape index (κ1) is 10.3. The normalized spacial score (nSPS) is 28.6. The number of hydrogen-bond acceptors (Lipinski definition) is 3. The zero-order valence-electron chi connectivity index (χ0n) is 10.2. The van der Waals surface area contributed by atoms with E-state index < -0.39 is 0 Å². The number of piperidine rings is 1. The van der Waals surface area contributed by atoms with Gasteiger partial charge in [0.05, 0.1) is 11.1 Å². The Kier molecular flexibility index (Phi) is 1.83. The standard InChI is InChI=1S/C14H14N2O2/c1-16-13(17)11-3-9-7-2-8(6-15-5-7)10(9)4-12(11)14(16)18/h3-4,7-8,15H,2,5-6H2,1H3. The molecule has 2 bridgehead atoms. The summed E-state index contributed by atoms with van der Waals surface area (Å²) in [4.78, 5) is 25.2. The Bertz CT molecular complexity index is 545. The molecule has 1 N–H and O–H groups in total. The highest BCUT2D eigenvalue weighted by Crippen LogP contribution is 2.45. The predicted octanol–water partition coefficient (Wildman–Crippen LogP) is 1.09. The van der Waals surface area contributed by atoms with Gasteiger partial charge in [-0.05, 0) is 41.5 Å². The molecule has 0 aromatic heterocycles. The van der Waals surface area contributed by atoms with Crippen molar-refractivity contribution in [3.05, 3.63) is 34.4 Å². The Morgan fingerprint density at radius 2 is 1.56 bits per heavy atom. The molecular formula is C14H14N2O2. The molecule has 2 aliphatic heterocycles. The first-order valence-electron chi connectivity index (χ1n) is 6.37. The third kappa shape index (κ3) is 1.09. The Labute approximate surface area is 105 Å². The third-order valence-corrected chi connectivity index (χ3v) is 4.52. The number of carbonyl (C=O) groups excluding carboxylic acids is 2. The van der Waals surface area contributed by atoms with E-state index in [0.717, 1.165) is 19.5 Å². The summed E-state index contributed by atoms with van der Waals surface area (Å²) in [6.45, 7) is 1.97. The molecular weight excluding hydrogens is 228 g/mol. The van der Waals surface area contributed by atoms with E-state index in [2.05, 4.69) is 5.32 Å². The average molecular weight is 242 g/mol. The van der Waals surface area contributed by atoms with Gasteiger partial charge in [-0.1, -0.05) is 0 Å². The summed E-state index contributed by atoms with van der Waals surface area (Å²) in [6, 6.07) is 3.93. The average Bonchev–Trinajstić information content (AvgIpc) is 2.77. The molecule has 4 nitrogen and oxygen atoms in total. The number of rotatable bonds is 0. The van der Waals surface area contributed by atoms with Crippen molar-refractivity contribution in [2.24, 2.45) is 0 Å². The quantitative estimate of drug-likeness (QED) is 0.693. The summed E-state index contributed by atoms with van der Waals surface area (Å²) in [6.07, 6.45) is 1.16. The molecule has 1 saturated heterocycles. The van der Waals surface area contributed by atoms with Crippen LogP contribution in [0.25, 0.3) is 0 Å².